The van der Waals surface area contributed by atoms with Gasteiger partial charge in [0.1, 0.15) is 0 Å². The van der Waals surface area contributed by atoms with E-state index in [0.717, 1.165) is 6.54 Å². The van der Waals surface area contributed by atoms with Crippen LogP contribution in [-0.4, -0.2) is 40.6 Å². The van der Waals surface area contributed by atoms with Crippen LogP contribution >= 0.6 is 24.0 Å². The van der Waals surface area contributed by atoms with Gasteiger partial charge in [-0.3, -0.25) is 0 Å². The van der Waals surface area contributed by atoms with Gasteiger partial charge in [-0.05, 0) is 31.7 Å². The molecule has 0 saturated heterocycles. The molecule has 0 bridgehead atoms. The van der Waals surface area contributed by atoms with Crippen molar-refractivity contribution in [1.29, 1.82) is 0 Å². The van der Waals surface area contributed by atoms with E-state index in [1.165, 1.54) is 25.3 Å². The fourth-order valence-corrected chi connectivity index (χ4v) is 3.16. The predicted molar refractivity (Wildman–Crippen MR) is 88.4 cm³/mol. The molecule has 0 aliphatic carbocycles. The number of sulfonamides is 1. The molecule has 0 saturated carbocycles. The zero-order valence-electron chi connectivity index (χ0n) is 12.6. The summed E-state index contributed by atoms with van der Waals surface area (Å²) in [4.78, 5) is 11.4. The number of likely N-dealkylation sites (N-methyl/N-ethyl adjacent to an activating group) is 1. The number of nitrogens with one attached hydrogen (secondary N) is 2. The second-order valence-corrected chi connectivity index (χ2v) is 6.62. The molecule has 2 N–H and O–H groups in total. The van der Waals surface area contributed by atoms with Crippen LogP contribution in [0.5, 0.6) is 0 Å². The van der Waals surface area contributed by atoms with Crippen molar-refractivity contribution in [3.05, 3.63) is 28.8 Å². The van der Waals surface area contributed by atoms with E-state index in [1.54, 1.807) is 0 Å². The standard InChI is InChI=1S/C13H19ClN2O4S.ClH/c1-4-15-9(2)8-16-21(18,19)10-5-6-11(12(14)7-10)13(17)20-3;/h5-7,9,15-16H,4,8H2,1-3H3;1H/t9-;/m1./s1. The average Bonchev–Trinajstić information content (AvgIpc) is 2.44. The lowest BCUT2D eigenvalue weighted by molar-refractivity contribution is 0.0601. The van der Waals surface area contributed by atoms with E-state index in [1.807, 2.05) is 13.8 Å². The molecule has 1 aromatic rings. The molecule has 0 aromatic heterocycles. The van der Waals surface area contributed by atoms with Crippen LogP contribution in [-0.2, 0) is 14.8 Å². The van der Waals surface area contributed by atoms with Crippen molar-refractivity contribution in [1.82, 2.24) is 10.0 Å². The molecule has 0 aliphatic rings. The first kappa shape index (κ1) is 21.1. The third-order valence-corrected chi connectivity index (χ3v) is 4.52. The first-order chi connectivity index (χ1) is 9.81. The van der Waals surface area contributed by atoms with Gasteiger partial charge in [0.15, 0.2) is 0 Å². The molecule has 22 heavy (non-hydrogen) atoms. The van der Waals surface area contributed by atoms with Crippen molar-refractivity contribution < 1.29 is 17.9 Å². The Balaban J connectivity index is 0.00000441. The summed E-state index contributed by atoms with van der Waals surface area (Å²) in [7, 11) is -2.44. The topological polar surface area (TPSA) is 84.5 Å². The number of hydrogen-bond acceptors (Lipinski definition) is 5. The quantitative estimate of drug-likeness (QED) is 0.715. The van der Waals surface area contributed by atoms with Crippen LogP contribution in [0.2, 0.25) is 5.02 Å². The van der Waals surface area contributed by atoms with Gasteiger partial charge in [-0.15, -0.1) is 12.4 Å². The number of carbonyl (C=O) groups is 1. The second-order valence-electron chi connectivity index (χ2n) is 4.44. The molecule has 0 radical (unpaired) electrons. The molecule has 0 amide bonds. The van der Waals surface area contributed by atoms with Gasteiger partial charge < -0.3 is 10.1 Å². The molecule has 1 atom stereocenters. The maximum absolute atomic E-state index is 12.1. The van der Waals surface area contributed by atoms with Crippen molar-refractivity contribution in [2.75, 3.05) is 20.2 Å². The summed E-state index contributed by atoms with van der Waals surface area (Å²) in [5.41, 5.74) is 0.124. The zero-order valence-corrected chi connectivity index (χ0v) is 14.9. The van der Waals surface area contributed by atoms with E-state index < -0.39 is 16.0 Å². The summed E-state index contributed by atoms with van der Waals surface area (Å²) in [6, 6.07) is 3.89. The van der Waals surface area contributed by atoms with Gasteiger partial charge in [0.2, 0.25) is 10.0 Å². The van der Waals surface area contributed by atoms with Crippen LogP contribution in [0.15, 0.2) is 23.1 Å². The Morgan fingerprint density at radius 2 is 2.05 bits per heavy atom. The van der Waals surface area contributed by atoms with E-state index in [4.69, 9.17) is 11.6 Å². The summed E-state index contributed by atoms with van der Waals surface area (Å²) in [6.45, 7) is 4.82. The monoisotopic (exact) mass is 370 g/mol. The predicted octanol–water partition coefficient (Wildman–Crippen LogP) is 1.82. The maximum Gasteiger partial charge on any atom is 0.339 e. The third-order valence-electron chi connectivity index (χ3n) is 2.79. The van der Waals surface area contributed by atoms with E-state index in [2.05, 4.69) is 14.8 Å². The van der Waals surface area contributed by atoms with Crippen molar-refractivity contribution in [3.63, 3.8) is 0 Å². The summed E-state index contributed by atoms with van der Waals surface area (Å²) < 4.78 is 31.3. The first-order valence-corrected chi connectivity index (χ1v) is 8.28. The highest BCUT2D eigenvalue weighted by Gasteiger charge is 2.18. The molecule has 1 rings (SSSR count). The molecular weight excluding hydrogens is 351 g/mol. The lowest BCUT2D eigenvalue weighted by Gasteiger charge is -2.14. The largest absolute Gasteiger partial charge is 0.465 e. The summed E-state index contributed by atoms with van der Waals surface area (Å²) in [5.74, 6) is -0.613. The van der Waals surface area contributed by atoms with Crippen molar-refractivity contribution in [2.24, 2.45) is 0 Å². The molecule has 6 nitrogen and oxygen atoms in total. The minimum absolute atomic E-state index is 0. The Labute approximate surface area is 142 Å². The average molecular weight is 371 g/mol. The van der Waals surface area contributed by atoms with Crippen LogP contribution in [0.4, 0.5) is 0 Å². The number of hydrogen-bond donors (Lipinski definition) is 2. The normalized spacial score (nSPS) is 12.4. The minimum Gasteiger partial charge on any atom is -0.465 e. The Morgan fingerprint density at radius 3 is 2.55 bits per heavy atom. The van der Waals surface area contributed by atoms with E-state index in [0.29, 0.717) is 0 Å². The summed E-state index contributed by atoms with van der Waals surface area (Å²) in [6.07, 6.45) is 0. The summed E-state index contributed by atoms with van der Waals surface area (Å²) in [5, 5.41) is 3.13. The number of halogens is 2. The molecule has 0 fully saturated rings. The van der Waals surface area contributed by atoms with E-state index in [-0.39, 0.29) is 40.5 Å². The van der Waals surface area contributed by atoms with Crippen LogP contribution in [0.1, 0.15) is 24.2 Å². The Morgan fingerprint density at radius 1 is 1.41 bits per heavy atom. The second kappa shape index (κ2) is 9.32. The van der Waals surface area contributed by atoms with Crippen LogP contribution in [0.3, 0.4) is 0 Å². The number of benzene rings is 1. The van der Waals surface area contributed by atoms with Gasteiger partial charge in [-0.2, -0.15) is 0 Å². The van der Waals surface area contributed by atoms with Gasteiger partial charge in [0, 0.05) is 12.6 Å². The van der Waals surface area contributed by atoms with Crippen molar-refractivity contribution >= 4 is 40.0 Å². The van der Waals surface area contributed by atoms with Gasteiger partial charge in [-0.1, -0.05) is 18.5 Å². The van der Waals surface area contributed by atoms with E-state index >= 15 is 0 Å². The number of esters is 1. The minimum atomic E-state index is -3.67. The molecule has 0 unspecified atom stereocenters. The van der Waals surface area contributed by atoms with Crippen LogP contribution < -0.4 is 10.0 Å². The van der Waals surface area contributed by atoms with Crippen LogP contribution in [0, 0.1) is 0 Å². The SMILES string of the molecule is CCN[C@H](C)CNS(=O)(=O)c1ccc(C(=O)OC)c(Cl)c1.Cl. The number of carbonyl (C=O) groups excluding carboxylic acids is 1. The molecule has 0 aliphatic heterocycles. The number of ether oxygens (including phenoxy) is 1. The molecule has 0 spiro atoms. The highest BCUT2D eigenvalue weighted by atomic mass is 35.5. The smallest absolute Gasteiger partial charge is 0.339 e. The third kappa shape index (κ3) is 5.73. The van der Waals surface area contributed by atoms with Crippen LogP contribution in [0.25, 0.3) is 0 Å². The van der Waals surface area contributed by atoms with Gasteiger partial charge in [0.05, 0.1) is 22.6 Å². The highest BCUT2D eigenvalue weighted by Crippen LogP contribution is 2.21. The molecule has 126 valence electrons. The van der Waals surface area contributed by atoms with E-state index in [9.17, 15) is 13.2 Å². The maximum atomic E-state index is 12.1. The van der Waals surface area contributed by atoms with Gasteiger partial charge >= 0.3 is 5.97 Å². The Hall–Kier alpha value is -0.860. The fraction of sp³-hybridized carbons (Fsp3) is 0.462. The zero-order chi connectivity index (χ0) is 16.0. The van der Waals surface area contributed by atoms with Crippen molar-refractivity contribution in [2.45, 2.75) is 24.8 Å². The first-order valence-electron chi connectivity index (χ1n) is 6.42. The number of methoxy groups -OCH3 is 1. The lowest BCUT2D eigenvalue weighted by Crippen LogP contribution is -2.38. The van der Waals surface area contributed by atoms with Gasteiger partial charge in [0.25, 0.3) is 0 Å². The summed E-state index contributed by atoms with van der Waals surface area (Å²) >= 11 is 5.92. The molecule has 9 heteroatoms. The number of rotatable bonds is 7. The molecule has 1 aromatic carbocycles. The lowest BCUT2D eigenvalue weighted by atomic mass is 10.2. The molecular formula is C13H20Cl2N2O4S. The van der Waals surface area contributed by atoms with Gasteiger partial charge in [-0.25, -0.2) is 17.9 Å². The fourth-order valence-electron chi connectivity index (χ4n) is 1.68. The Kier molecular flexibility index (Phi) is 8.95. The van der Waals surface area contributed by atoms with Crippen molar-refractivity contribution in [3.8, 4) is 0 Å². The highest BCUT2D eigenvalue weighted by molar-refractivity contribution is 7.89. The molecule has 0 heterocycles. The Bertz CT molecular complexity index is 608.